The minimum absolute atomic E-state index is 0.0646. The Morgan fingerprint density at radius 1 is 1.03 bits per heavy atom. The van der Waals surface area contributed by atoms with E-state index in [0.29, 0.717) is 17.0 Å². The maximum Gasteiger partial charge on any atom is 0.412 e. The number of amides is 2. The van der Waals surface area contributed by atoms with Crippen LogP contribution in [0.25, 0.3) is 10.8 Å². The van der Waals surface area contributed by atoms with Gasteiger partial charge in [-0.3, -0.25) is 15.3 Å². The summed E-state index contributed by atoms with van der Waals surface area (Å²) in [4.78, 5) is 24.6. The Hall–Kier alpha value is -3.88. The lowest BCUT2D eigenvalue weighted by Gasteiger charge is -2.32. The summed E-state index contributed by atoms with van der Waals surface area (Å²) < 4.78 is 11.6. The number of fused-ring (bicyclic) bond motifs is 1. The molecule has 3 rings (SSSR count). The molecule has 0 aliphatic rings. The van der Waals surface area contributed by atoms with Crippen molar-refractivity contribution >= 4 is 28.5 Å². The highest BCUT2D eigenvalue weighted by Crippen LogP contribution is 2.42. The number of hydroxylamine groups is 1. The minimum atomic E-state index is -0.888. The highest BCUT2D eigenvalue weighted by molar-refractivity contribution is 6.00. The average Bonchev–Trinajstić information content (AvgIpc) is 2.85. The Morgan fingerprint density at radius 3 is 2.50 bits per heavy atom. The van der Waals surface area contributed by atoms with E-state index >= 15 is 0 Å². The van der Waals surface area contributed by atoms with Gasteiger partial charge >= 0.3 is 6.09 Å². The van der Waals surface area contributed by atoms with Crippen LogP contribution in [-0.2, 0) is 9.53 Å². The van der Waals surface area contributed by atoms with Gasteiger partial charge in [0.25, 0.3) is 5.91 Å². The number of para-hydroxylation sites is 1. The van der Waals surface area contributed by atoms with Gasteiger partial charge in [0.1, 0.15) is 18.5 Å². The normalized spacial score (nSPS) is 12.4. The van der Waals surface area contributed by atoms with Gasteiger partial charge in [-0.25, -0.2) is 10.3 Å². The van der Waals surface area contributed by atoms with E-state index in [9.17, 15) is 14.7 Å². The predicted molar refractivity (Wildman–Crippen MR) is 129 cm³/mol. The Morgan fingerprint density at radius 2 is 1.74 bits per heavy atom. The minimum Gasteiger partial charge on any atom is -0.491 e. The average molecular weight is 465 g/mol. The molecule has 0 aliphatic heterocycles. The molecule has 2 amide bonds. The number of aliphatic hydroxyl groups is 1. The molecule has 1 atom stereocenters. The van der Waals surface area contributed by atoms with Gasteiger partial charge in [-0.05, 0) is 17.5 Å². The van der Waals surface area contributed by atoms with Crippen molar-refractivity contribution in [1.82, 2.24) is 5.48 Å². The van der Waals surface area contributed by atoms with Gasteiger partial charge in [-0.1, -0.05) is 74.5 Å². The molecule has 0 heterocycles. The summed E-state index contributed by atoms with van der Waals surface area (Å²) in [5, 5.41) is 22.7. The zero-order valence-corrected chi connectivity index (χ0v) is 19.0. The lowest BCUT2D eigenvalue weighted by atomic mass is 9.81. The number of carbonyl (C=O) groups is 2. The van der Waals surface area contributed by atoms with Crippen molar-refractivity contribution in [3.63, 3.8) is 0 Å². The van der Waals surface area contributed by atoms with E-state index < -0.39 is 23.5 Å². The van der Waals surface area contributed by atoms with Crippen LogP contribution in [0.3, 0.4) is 0 Å². The van der Waals surface area contributed by atoms with Crippen LogP contribution in [0.15, 0.2) is 78.9 Å². The molecular formula is C26H28N2O6. The molecule has 3 aromatic rings. The zero-order chi connectivity index (χ0) is 24.6. The molecule has 8 heteroatoms. The van der Waals surface area contributed by atoms with Crippen LogP contribution in [0, 0.1) is 5.41 Å². The summed E-state index contributed by atoms with van der Waals surface area (Å²) in [7, 11) is 0. The second-order valence-electron chi connectivity index (χ2n) is 8.18. The van der Waals surface area contributed by atoms with Gasteiger partial charge in [0, 0.05) is 22.4 Å². The summed E-state index contributed by atoms with van der Waals surface area (Å²) in [5.41, 5.74) is 1.82. The summed E-state index contributed by atoms with van der Waals surface area (Å²) in [6.07, 6.45) is 1.14. The fourth-order valence-electron chi connectivity index (χ4n) is 3.60. The van der Waals surface area contributed by atoms with Crippen molar-refractivity contribution in [3.8, 4) is 5.75 Å². The third-order valence-corrected chi connectivity index (χ3v) is 5.25. The highest BCUT2D eigenvalue weighted by atomic mass is 16.6. The van der Waals surface area contributed by atoms with Crippen molar-refractivity contribution in [1.29, 1.82) is 0 Å². The van der Waals surface area contributed by atoms with Gasteiger partial charge in [0.05, 0.1) is 12.3 Å². The first kappa shape index (κ1) is 24.8. The highest BCUT2D eigenvalue weighted by Gasteiger charge is 2.34. The molecular weight excluding hydrogens is 436 g/mol. The van der Waals surface area contributed by atoms with Crippen molar-refractivity contribution in [2.75, 3.05) is 18.5 Å². The van der Waals surface area contributed by atoms with Crippen LogP contribution in [0.5, 0.6) is 5.75 Å². The Labute approximate surface area is 197 Å². The number of nitrogens with one attached hydrogen (secondary N) is 2. The third kappa shape index (κ3) is 6.12. The number of hydrogen-bond donors (Lipinski definition) is 4. The molecule has 0 aromatic heterocycles. The monoisotopic (exact) mass is 464 g/mol. The second-order valence-corrected chi connectivity index (χ2v) is 8.18. The first-order chi connectivity index (χ1) is 16.4. The number of ether oxygens (including phenoxy) is 2. The summed E-state index contributed by atoms with van der Waals surface area (Å²) in [5.74, 6) is -0.274. The van der Waals surface area contributed by atoms with Gasteiger partial charge in [-0.15, -0.1) is 0 Å². The molecule has 0 saturated carbocycles. The Balaban J connectivity index is 1.94. The first-order valence-corrected chi connectivity index (χ1v) is 10.8. The Kier molecular flexibility index (Phi) is 8.24. The number of rotatable bonds is 9. The SMILES string of the molecule is CC(C)(/C=C/C(=O)NO)[C@H](OC(=O)Nc1cccc2ccccc12)c1ccccc1OCCO. The summed E-state index contributed by atoms with van der Waals surface area (Å²) in [6.45, 7) is 3.45. The van der Waals surface area contributed by atoms with Crippen molar-refractivity contribution in [2.24, 2.45) is 5.41 Å². The van der Waals surface area contributed by atoms with E-state index in [-0.39, 0.29) is 13.2 Å². The molecule has 0 aliphatic carbocycles. The first-order valence-electron chi connectivity index (χ1n) is 10.8. The number of carbonyl (C=O) groups excluding carboxylic acids is 2. The summed E-state index contributed by atoms with van der Waals surface area (Å²) in [6, 6.07) is 20.2. The Bertz CT molecular complexity index is 1170. The smallest absolute Gasteiger partial charge is 0.412 e. The van der Waals surface area contributed by atoms with Gasteiger partial charge in [0.2, 0.25) is 0 Å². The van der Waals surface area contributed by atoms with E-state index in [0.717, 1.165) is 16.8 Å². The molecule has 3 aromatic carbocycles. The van der Waals surface area contributed by atoms with E-state index in [1.807, 2.05) is 36.4 Å². The van der Waals surface area contributed by atoms with Gasteiger partial charge < -0.3 is 14.6 Å². The maximum absolute atomic E-state index is 13.0. The van der Waals surface area contributed by atoms with Crippen LogP contribution in [0.1, 0.15) is 25.5 Å². The van der Waals surface area contributed by atoms with Crippen LogP contribution in [-0.4, -0.2) is 35.5 Å². The molecule has 0 fully saturated rings. The van der Waals surface area contributed by atoms with E-state index in [2.05, 4.69) is 5.32 Å². The number of aliphatic hydroxyl groups excluding tert-OH is 1. The van der Waals surface area contributed by atoms with Gasteiger partial charge in [0.15, 0.2) is 0 Å². The lowest BCUT2D eigenvalue weighted by Crippen LogP contribution is -2.29. The maximum atomic E-state index is 13.0. The van der Waals surface area contributed by atoms with E-state index in [1.54, 1.807) is 49.7 Å². The molecule has 8 nitrogen and oxygen atoms in total. The molecule has 0 spiro atoms. The van der Waals surface area contributed by atoms with Crippen LogP contribution >= 0.6 is 0 Å². The van der Waals surface area contributed by atoms with Crippen molar-refractivity contribution in [2.45, 2.75) is 20.0 Å². The number of benzene rings is 3. The van der Waals surface area contributed by atoms with Gasteiger partial charge in [-0.2, -0.15) is 0 Å². The van der Waals surface area contributed by atoms with Crippen LogP contribution < -0.4 is 15.5 Å². The summed E-state index contributed by atoms with van der Waals surface area (Å²) >= 11 is 0. The molecule has 0 radical (unpaired) electrons. The number of hydrogen-bond acceptors (Lipinski definition) is 6. The molecule has 4 N–H and O–H groups in total. The zero-order valence-electron chi connectivity index (χ0n) is 19.0. The topological polar surface area (TPSA) is 117 Å². The predicted octanol–water partition coefficient (Wildman–Crippen LogP) is 4.59. The largest absolute Gasteiger partial charge is 0.491 e. The molecule has 0 bridgehead atoms. The molecule has 34 heavy (non-hydrogen) atoms. The van der Waals surface area contributed by atoms with E-state index in [1.165, 1.54) is 6.08 Å². The van der Waals surface area contributed by atoms with Crippen molar-refractivity contribution in [3.05, 3.63) is 84.4 Å². The van der Waals surface area contributed by atoms with Crippen LogP contribution in [0.4, 0.5) is 10.5 Å². The molecule has 0 saturated heterocycles. The second kappa shape index (κ2) is 11.3. The molecule has 0 unspecified atom stereocenters. The van der Waals surface area contributed by atoms with Crippen LogP contribution in [0.2, 0.25) is 0 Å². The lowest BCUT2D eigenvalue weighted by molar-refractivity contribution is -0.124. The molecule has 178 valence electrons. The number of anilines is 1. The fourth-order valence-corrected chi connectivity index (χ4v) is 3.60. The standard InChI is InChI=1S/C26H28N2O6/c1-26(2,15-14-23(30)28-32)24(20-11-5-6-13-22(20)33-17-16-29)34-25(31)27-21-12-7-9-18-8-3-4-10-19(18)21/h3-15,24,29,32H,16-17H2,1-2H3,(H,27,31)(H,28,30)/b15-14+/t24-/m1/s1. The van der Waals surface area contributed by atoms with E-state index in [4.69, 9.17) is 14.7 Å². The third-order valence-electron chi connectivity index (χ3n) is 5.25. The van der Waals surface area contributed by atoms with Crippen molar-refractivity contribution < 1.29 is 29.4 Å². The fraction of sp³-hybridized carbons (Fsp3) is 0.231. The quantitative estimate of drug-likeness (QED) is 0.209.